The standard InChI is InChI=1S/C26H30N2O7/c1-13-17-11-19-16-7-4-5-8-20(16)34-24(19)14(2)23(17)35-26(33)18(13)12-21(29)28-15(3)25(32)27-10-6-9-22(30)31/h11,15H,4-10,12H2,1-3H3,(H,27,32)(H,28,29)(H,30,31). The van der Waals surface area contributed by atoms with Gasteiger partial charge in [-0.25, -0.2) is 4.79 Å². The van der Waals surface area contributed by atoms with E-state index in [2.05, 4.69) is 10.6 Å². The van der Waals surface area contributed by atoms with Crippen molar-refractivity contribution in [3.63, 3.8) is 0 Å². The summed E-state index contributed by atoms with van der Waals surface area (Å²) in [4.78, 5) is 48.2. The smallest absolute Gasteiger partial charge is 0.340 e. The van der Waals surface area contributed by atoms with Gasteiger partial charge in [0.15, 0.2) is 0 Å². The Morgan fingerprint density at radius 2 is 1.77 bits per heavy atom. The zero-order chi connectivity index (χ0) is 25.3. The van der Waals surface area contributed by atoms with Crippen molar-refractivity contribution < 1.29 is 28.3 Å². The van der Waals surface area contributed by atoms with E-state index in [1.165, 1.54) is 12.5 Å². The Hall–Kier alpha value is -3.62. The maximum Gasteiger partial charge on any atom is 0.340 e. The lowest BCUT2D eigenvalue weighted by molar-refractivity contribution is -0.137. The van der Waals surface area contributed by atoms with Crippen LogP contribution in [0, 0.1) is 13.8 Å². The number of furan rings is 1. The van der Waals surface area contributed by atoms with Crippen LogP contribution < -0.4 is 16.3 Å². The fourth-order valence-corrected chi connectivity index (χ4v) is 4.74. The Balaban J connectivity index is 1.55. The van der Waals surface area contributed by atoms with Crippen molar-refractivity contribution in [1.82, 2.24) is 10.6 Å². The minimum absolute atomic E-state index is 0.0502. The predicted molar refractivity (Wildman–Crippen MR) is 130 cm³/mol. The number of nitrogens with one attached hydrogen (secondary N) is 2. The minimum Gasteiger partial charge on any atom is -0.481 e. The van der Waals surface area contributed by atoms with Crippen LogP contribution in [0.1, 0.15) is 60.6 Å². The van der Waals surface area contributed by atoms with Gasteiger partial charge in [0.05, 0.1) is 12.0 Å². The van der Waals surface area contributed by atoms with Crippen LogP contribution in [0.25, 0.3) is 21.9 Å². The van der Waals surface area contributed by atoms with Crippen LogP contribution in [0.4, 0.5) is 0 Å². The first-order valence-corrected chi connectivity index (χ1v) is 12.0. The van der Waals surface area contributed by atoms with Crippen LogP contribution in [0.3, 0.4) is 0 Å². The van der Waals surface area contributed by atoms with Gasteiger partial charge in [-0.3, -0.25) is 14.4 Å². The van der Waals surface area contributed by atoms with Gasteiger partial charge in [0.1, 0.15) is 23.0 Å². The lowest BCUT2D eigenvalue weighted by Crippen LogP contribution is -2.45. The number of fused-ring (bicyclic) bond motifs is 4. The molecule has 4 rings (SSSR count). The maximum atomic E-state index is 12.8. The maximum absolute atomic E-state index is 12.8. The number of aryl methyl sites for hydroxylation is 4. The van der Waals surface area contributed by atoms with E-state index >= 15 is 0 Å². The first-order valence-electron chi connectivity index (χ1n) is 12.0. The van der Waals surface area contributed by atoms with Crippen molar-refractivity contribution in [2.24, 2.45) is 0 Å². The third-order valence-electron chi connectivity index (χ3n) is 6.70. The third-order valence-corrected chi connectivity index (χ3v) is 6.70. The molecule has 1 aliphatic carbocycles. The van der Waals surface area contributed by atoms with Gasteiger partial charge in [0.25, 0.3) is 0 Å². The molecule has 1 aromatic carbocycles. The average molecular weight is 483 g/mol. The molecule has 2 amide bonds. The van der Waals surface area contributed by atoms with Crippen LogP contribution in [0.5, 0.6) is 0 Å². The van der Waals surface area contributed by atoms with Crippen molar-refractivity contribution in [2.75, 3.05) is 6.54 Å². The fourth-order valence-electron chi connectivity index (χ4n) is 4.74. The van der Waals surface area contributed by atoms with Crippen LogP contribution >= 0.6 is 0 Å². The minimum atomic E-state index is -0.936. The number of carbonyl (C=O) groups excluding carboxylic acids is 2. The largest absolute Gasteiger partial charge is 0.481 e. The van der Waals surface area contributed by atoms with Gasteiger partial charge in [-0.05, 0) is 58.1 Å². The van der Waals surface area contributed by atoms with E-state index in [4.69, 9.17) is 13.9 Å². The molecule has 0 aliphatic heterocycles. The number of carbonyl (C=O) groups is 3. The molecule has 0 bridgehead atoms. The third kappa shape index (κ3) is 4.94. The molecule has 9 nitrogen and oxygen atoms in total. The van der Waals surface area contributed by atoms with Gasteiger partial charge in [-0.2, -0.15) is 0 Å². The summed E-state index contributed by atoms with van der Waals surface area (Å²) >= 11 is 0. The lowest BCUT2D eigenvalue weighted by Gasteiger charge is -2.15. The summed E-state index contributed by atoms with van der Waals surface area (Å²) in [6, 6.07) is 1.16. The highest BCUT2D eigenvalue weighted by Gasteiger charge is 2.24. The molecule has 0 radical (unpaired) electrons. The van der Waals surface area contributed by atoms with E-state index in [9.17, 15) is 19.2 Å². The Morgan fingerprint density at radius 1 is 1.06 bits per heavy atom. The van der Waals surface area contributed by atoms with Crippen LogP contribution in [0.15, 0.2) is 19.7 Å². The van der Waals surface area contributed by atoms with Crippen LogP contribution in [-0.2, 0) is 33.6 Å². The van der Waals surface area contributed by atoms with Crippen LogP contribution in [0.2, 0.25) is 0 Å². The molecular formula is C26H30N2O7. The zero-order valence-electron chi connectivity index (χ0n) is 20.2. The van der Waals surface area contributed by atoms with Gasteiger partial charge in [-0.1, -0.05) is 0 Å². The summed E-state index contributed by atoms with van der Waals surface area (Å²) in [7, 11) is 0. The first kappa shape index (κ1) is 24.5. The van der Waals surface area contributed by atoms with Crippen molar-refractivity contribution in [3.8, 4) is 0 Å². The summed E-state index contributed by atoms with van der Waals surface area (Å²) in [6.07, 6.45) is 4.09. The second-order valence-electron chi connectivity index (χ2n) is 9.21. The van der Waals surface area contributed by atoms with Crippen molar-refractivity contribution >= 4 is 39.7 Å². The molecule has 2 aromatic heterocycles. The molecule has 3 N–H and O–H groups in total. The highest BCUT2D eigenvalue weighted by atomic mass is 16.4. The summed E-state index contributed by atoms with van der Waals surface area (Å²) < 4.78 is 11.8. The molecule has 35 heavy (non-hydrogen) atoms. The number of benzene rings is 1. The molecule has 3 aromatic rings. The van der Waals surface area contributed by atoms with Crippen molar-refractivity contribution in [3.05, 3.63) is 44.5 Å². The number of amides is 2. The van der Waals surface area contributed by atoms with E-state index in [-0.39, 0.29) is 24.9 Å². The molecule has 9 heteroatoms. The van der Waals surface area contributed by atoms with E-state index in [0.29, 0.717) is 17.6 Å². The fraction of sp³-hybridized carbons (Fsp3) is 0.462. The Morgan fingerprint density at radius 3 is 2.51 bits per heavy atom. The Labute approximate surface area is 201 Å². The summed E-state index contributed by atoms with van der Waals surface area (Å²) in [5.41, 5.74) is 3.54. The zero-order valence-corrected chi connectivity index (χ0v) is 20.2. The summed E-state index contributed by atoms with van der Waals surface area (Å²) in [5.74, 6) is -0.839. The number of hydrogen-bond acceptors (Lipinski definition) is 6. The Kier molecular flexibility index (Phi) is 6.95. The molecule has 1 aliphatic rings. The quantitative estimate of drug-likeness (QED) is 0.331. The molecule has 2 heterocycles. The average Bonchev–Trinajstić information content (AvgIpc) is 3.19. The second-order valence-corrected chi connectivity index (χ2v) is 9.21. The van der Waals surface area contributed by atoms with E-state index in [0.717, 1.165) is 53.4 Å². The number of carboxylic acid groups (broad SMARTS) is 1. The van der Waals surface area contributed by atoms with E-state index in [1.54, 1.807) is 6.92 Å². The molecule has 0 saturated carbocycles. The molecule has 186 valence electrons. The van der Waals surface area contributed by atoms with Gasteiger partial charge < -0.3 is 24.6 Å². The van der Waals surface area contributed by atoms with Gasteiger partial charge in [-0.15, -0.1) is 0 Å². The highest BCUT2D eigenvalue weighted by Crippen LogP contribution is 2.37. The van der Waals surface area contributed by atoms with Crippen molar-refractivity contribution in [2.45, 2.75) is 71.8 Å². The van der Waals surface area contributed by atoms with E-state index < -0.39 is 29.5 Å². The first-order chi connectivity index (χ1) is 16.7. The van der Waals surface area contributed by atoms with Gasteiger partial charge >= 0.3 is 11.6 Å². The Bertz CT molecular complexity index is 1380. The number of carboxylic acids is 1. The molecule has 0 saturated heterocycles. The van der Waals surface area contributed by atoms with Crippen LogP contribution in [-0.4, -0.2) is 35.5 Å². The molecule has 1 atom stereocenters. The van der Waals surface area contributed by atoms with E-state index in [1.807, 2.05) is 13.0 Å². The van der Waals surface area contributed by atoms with Gasteiger partial charge in [0, 0.05) is 41.3 Å². The summed E-state index contributed by atoms with van der Waals surface area (Å²) in [6.45, 7) is 5.41. The second kappa shape index (κ2) is 9.93. The monoisotopic (exact) mass is 482 g/mol. The molecule has 0 spiro atoms. The van der Waals surface area contributed by atoms with Crippen molar-refractivity contribution in [1.29, 1.82) is 0 Å². The number of rotatable bonds is 8. The molecule has 1 unspecified atom stereocenters. The highest BCUT2D eigenvalue weighted by molar-refractivity contribution is 6.00. The topological polar surface area (TPSA) is 139 Å². The normalized spacial score (nSPS) is 14.0. The summed E-state index contributed by atoms with van der Waals surface area (Å²) in [5, 5.41) is 15.7. The predicted octanol–water partition coefficient (Wildman–Crippen LogP) is 3.06. The number of hydrogen-bond donors (Lipinski definition) is 3. The van der Waals surface area contributed by atoms with Gasteiger partial charge in [0.2, 0.25) is 11.8 Å². The molecule has 0 fully saturated rings. The number of aliphatic carboxylic acids is 1. The SMILES string of the molecule is Cc1c(CC(=O)NC(C)C(=O)NCCCC(=O)O)c(=O)oc2c(C)c3oc4c(c3cc12)CCCC4. The molecular weight excluding hydrogens is 452 g/mol. The lowest BCUT2D eigenvalue weighted by atomic mass is 9.93.